The highest BCUT2D eigenvalue weighted by molar-refractivity contribution is 5.65. The Bertz CT molecular complexity index is 480. The largest absolute Gasteiger partial charge is 0.433 e. The van der Waals surface area contributed by atoms with E-state index in [4.69, 9.17) is 0 Å². The van der Waals surface area contributed by atoms with Crippen LogP contribution in [-0.2, 0) is 6.18 Å². The minimum absolute atomic E-state index is 0.0445. The quantitative estimate of drug-likeness (QED) is 0.743. The second-order valence-electron chi connectivity index (χ2n) is 3.14. The third kappa shape index (κ3) is 2.03. The van der Waals surface area contributed by atoms with E-state index in [2.05, 4.69) is 9.97 Å². The first-order valence-electron chi connectivity index (χ1n) is 4.51. The summed E-state index contributed by atoms with van der Waals surface area (Å²) in [4.78, 5) is 7.16. The predicted molar refractivity (Wildman–Crippen MR) is 52.5 cm³/mol. The predicted octanol–water partition coefficient (Wildman–Crippen LogP) is 3.16. The van der Waals surface area contributed by atoms with Gasteiger partial charge < -0.3 is 0 Å². The van der Waals surface area contributed by atoms with Gasteiger partial charge in [0.05, 0.1) is 0 Å². The minimum Gasteiger partial charge on any atom is -0.264 e. The molecule has 0 radical (unpaired) electrons. The van der Waals surface area contributed by atoms with Crippen LogP contribution >= 0.6 is 0 Å². The normalized spacial score (nSPS) is 11.4. The van der Waals surface area contributed by atoms with Gasteiger partial charge in [-0.3, -0.25) is 9.97 Å². The Morgan fingerprint density at radius 2 is 1.75 bits per heavy atom. The highest BCUT2D eigenvalue weighted by atomic mass is 19.4. The van der Waals surface area contributed by atoms with Gasteiger partial charge in [-0.2, -0.15) is 13.2 Å². The van der Waals surface area contributed by atoms with E-state index in [0.29, 0.717) is 5.56 Å². The molecule has 2 aromatic rings. The summed E-state index contributed by atoms with van der Waals surface area (Å²) in [5.74, 6) is 0. The molecule has 0 aromatic carbocycles. The Morgan fingerprint density at radius 1 is 1.00 bits per heavy atom. The number of rotatable bonds is 1. The summed E-state index contributed by atoms with van der Waals surface area (Å²) in [7, 11) is 0. The van der Waals surface area contributed by atoms with Crippen LogP contribution in [0.4, 0.5) is 13.2 Å². The molecule has 2 nitrogen and oxygen atoms in total. The maximum Gasteiger partial charge on any atom is 0.433 e. The zero-order chi connectivity index (χ0) is 11.6. The van der Waals surface area contributed by atoms with Crippen molar-refractivity contribution in [2.45, 2.75) is 6.18 Å². The highest BCUT2D eigenvalue weighted by Gasteiger charge is 2.35. The van der Waals surface area contributed by atoms with Gasteiger partial charge in [0.2, 0.25) is 0 Å². The lowest BCUT2D eigenvalue weighted by molar-refractivity contribution is -0.140. The minimum atomic E-state index is -4.45. The second-order valence-corrected chi connectivity index (χ2v) is 3.14. The van der Waals surface area contributed by atoms with Crippen LogP contribution in [0.5, 0.6) is 0 Å². The Kier molecular flexibility index (Phi) is 2.60. The smallest absolute Gasteiger partial charge is 0.264 e. The summed E-state index contributed by atoms with van der Waals surface area (Å²) in [6.07, 6.45) is -0.436. The average Bonchev–Trinajstić information content (AvgIpc) is 2.29. The Balaban J connectivity index is 2.58. The topological polar surface area (TPSA) is 25.8 Å². The van der Waals surface area contributed by atoms with E-state index in [0.717, 1.165) is 6.20 Å². The molecule has 2 rings (SSSR count). The van der Waals surface area contributed by atoms with Crippen LogP contribution in [0.15, 0.2) is 42.9 Å². The Labute approximate surface area is 89.8 Å². The maximum absolute atomic E-state index is 12.7. The van der Waals surface area contributed by atoms with Crippen LogP contribution in [0.1, 0.15) is 5.69 Å². The number of aromatic nitrogens is 2. The standard InChI is InChI=1S/C11H7F3N2/c12-11(13,14)10-9(4-2-6-16-10)8-3-1-5-15-7-8/h1-7H. The van der Waals surface area contributed by atoms with Crippen molar-refractivity contribution < 1.29 is 13.2 Å². The van der Waals surface area contributed by atoms with E-state index in [-0.39, 0.29) is 5.56 Å². The van der Waals surface area contributed by atoms with Crippen LogP contribution in [0, 0.1) is 0 Å². The molecular formula is C11H7F3N2. The molecule has 0 saturated heterocycles. The molecule has 82 valence electrons. The summed E-state index contributed by atoms with van der Waals surface area (Å²) in [6, 6.07) is 6.01. The molecular weight excluding hydrogens is 217 g/mol. The molecule has 0 bridgehead atoms. The van der Waals surface area contributed by atoms with Crippen molar-refractivity contribution in [3.8, 4) is 11.1 Å². The second kappa shape index (κ2) is 3.92. The van der Waals surface area contributed by atoms with Crippen LogP contribution in [0.25, 0.3) is 11.1 Å². The van der Waals surface area contributed by atoms with Crippen molar-refractivity contribution in [1.82, 2.24) is 9.97 Å². The van der Waals surface area contributed by atoms with Gasteiger partial charge in [-0.15, -0.1) is 0 Å². The number of hydrogen-bond donors (Lipinski definition) is 0. The molecule has 0 N–H and O–H groups in total. The molecule has 0 spiro atoms. The monoisotopic (exact) mass is 224 g/mol. The zero-order valence-corrected chi connectivity index (χ0v) is 8.07. The van der Waals surface area contributed by atoms with Crippen molar-refractivity contribution in [3.05, 3.63) is 48.5 Å². The number of pyridine rings is 2. The molecule has 2 heterocycles. The molecule has 5 heteroatoms. The fourth-order valence-electron chi connectivity index (χ4n) is 1.39. The van der Waals surface area contributed by atoms with E-state index >= 15 is 0 Å². The summed E-state index contributed by atoms with van der Waals surface area (Å²) < 4.78 is 38.0. The maximum atomic E-state index is 12.7. The summed E-state index contributed by atoms with van der Waals surface area (Å²) >= 11 is 0. The lowest BCUT2D eigenvalue weighted by Gasteiger charge is -2.10. The van der Waals surface area contributed by atoms with Crippen molar-refractivity contribution >= 4 is 0 Å². The fraction of sp³-hybridized carbons (Fsp3) is 0.0909. The first-order chi connectivity index (χ1) is 7.59. The van der Waals surface area contributed by atoms with E-state index in [9.17, 15) is 13.2 Å². The van der Waals surface area contributed by atoms with Gasteiger partial charge >= 0.3 is 6.18 Å². The Hall–Kier alpha value is -1.91. The van der Waals surface area contributed by atoms with E-state index < -0.39 is 11.9 Å². The molecule has 0 atom stereocenters. The van der Waals surface area contributed by atoms with E-state index in [1.54, 1.807) is 12.1 Å². The molecule has 2 aromatic heterocycles. The highest BCUT2D eigenvalue weighted by Crippen LogP contribution is 2.34. The first kappa shape index (κ1) is 10.6. The van der Waals surface area contributed by atoms with Crippen molar-refractivity contribution in [2.24, 2.45) is 0 Å². The van der Waals surface area contributed by atoms with Crippen LogP contribution in [-0.4, -0.2) is 9.97 Å². The molecule has 0 aliphatic heterocycles. The number of hydrogen-bond acceptors (Lipinski definition) is 2. The van der Waals surface area contributed by atoms with Gasteiger partial charge in [0, 0.05) is 29.7 Å². The van der Waals surface area contributed by atoms with Crippen molar-refractivity contribution in [3.63, 3.8) is 0 Å². The summed E-state index contributed by atoms with van der Waals surface area (Å²) in [6.45, 7) is 0. The molecule has 0 amide bonds. The van der Waals surface area contributed by atoms with Gasteiger partial charge in [0.25, 0.3) is 0 Å². The van der Waals surface area contributed by atoms with Crippen LogP contribution in [0.2, 0.25) is 0 Å². The van der Waals surface area contributed by atoms with Gasteiger partial charge in [0.1, 0.15) is 0 Å². The number of nitrogens with zero attached hydrogens (tertiary/aromatic N) is 2. The lowest BCUT2D eigenvalue weighted by atomic mass is 10.1. The lowest BCUT2D eigenvalue weighted by Crippen LogP contribution is -2.09. The van der Waals surface area contributed by atoms with Gasteiger partial charge in [0.15, 0.2) is 5.69 Å². The van der Waals surface area contributed by atoms with Crippen molar-refractivity contribution in [1.29, 1.82) is 0 Å². The zero-order valence-electron chi connectivity index (χ0n) is 8.07. The third-order valence-electron chi connectivity index (χ3n) is 2.05. The van der Waals surface area contributed by atoms with E-state index in [1.165, 1.54) is 24.5 Å². The molecule has 0 aliphatic carbocycles. The SMILES string of the molecule is FC(F)(F)c1ncccc1-c1cccnc1. The third-order valence-corrected chi connectivity index (χ3v) is 2.05. The number of alkyl halides is 3. The summed E-state index contributed by atoms with van der Waals surface area (Å²) in [5.41, 5.74) is -0.436. The fourth-order valence-corrected chi connectivity index (χ4v) is 1.39. The first-order valence-corrected chi connectivity index (χ1v) is 4.51. The van der Waals surface area contributed by atoms with Crippen LogP contribution in [0.3, 0.4) is 0 Å². The average molecular weight is 224 g/mol. The molecule has 0 unspecified atom stereocenters. The van der Waals surface area contributed by atoms with Crippen LogP contribution < -0.4 is 0 Å². The number of halogens is 3. The van der Waals surface area contributed by atoms with Gasteiger partial charge in [-0.25, -0.2) is 0 Å². The van der Waals surface area contributed by atoms with Crippen molar-refractivity contribution in [2.75, 3.05) is 0 Å². The summed E-state index contributed by atoms with van der Waals surface area (Å²) in [5, 5.41) is 0. The van der Waals surface area contributed by atoms with Gasteiger partial charge in [-0.1, -0.05) is 12.1 Å². The molecule has 0 saturated carbocycles. The molecule has 0 fully saturated rings. The molecule has 0 aliphatic rings. The van der Waals surface area contributed by atoms with E-state index in [1.807, 2.05) is 0 Å². The van der Waals surface area contributed by atoms with Gasteiger partial charge in [-0.05, 0) is 12.1 Å². The molecule has 16 heavy (non-hydrogen) atoms. The Morgan fingerprint density at radius 3 is 2.38 bits per heavy atom.